The van der Waals surface area contributed by atoms with E-state index in [4.69, 9.17) is 9.47 Å². The molecule has 304 valence electrons. The van der Waals surface area contributed by atoms with E-state index in [-0.39, 0.29) is 63.0 Å². The first-order valence-corrected chi connectivity index (χ1v) is 19.1. The minimum atomic E-state index is -4.79. The van der Waals surface area contributed by atoms with Crippen LogP contribution in [-0.4, -0.2) is 118 Å². The van der Waals surface area contributed by atoms with Gasteiger partial charge in [-0.1, -0.05) is 6.07 Å². The van der Waals surface area contributed by atoms with Gasteiger partial charge in [-0.05, 0) is 81.9 Å². The minimum Gasteiger partial charge on any atom is -0.465 e. The number of nitrogens with one attached hydrogen (secondary N) is 2. The van der Waals surface area contributed by atoms with E-state index in [1.54, 1.807) is 11.8 Å². The van der Waals surface area contributed by atoms with Crippen molar-refractivity contribution in [3.63, 3.8) is 0 Å². The van der Waals surface area contributed by atoms with Crippen molar-refractivity contribution < 1.29 is 59.7 Å². The Hall–Kier alpha value is -3.44. The van der Waals surface area contributed by atoms with Crippen molar-refractivity contribution in [3.05, 3.63) is 34.9 Å². The molecule has 8 rings (SSSR count). The second-order valence-electron chi connectivity index (χ2n) is 16.7. The van der Waals surface area contributed by atoms with Gasteiger partial charge in [-0.3, -0.25) is 14.4 Å². The summed E-state index contributed by atoms with van der Waals surface area (Å²) in [6.07, 6.45) is -6.12. The van der Waals surface area contributed by atoms with Crippen molar-refractivity contribution in [3.8, 4) is 0 Å². The first-order chi connectivity index (χ1) is 25.9. The Labute approximate surface area is 315 Å². The minimum absolute atomic E-state index is 0.00684. The maximum absolute atomic E-state index is 14.3. The highest BCUT2D eigenvalue weighted by Crippen LogP contribution is 2.60. The lowest BCUT2D eigenvalue weighted by atomic mass is 9.70. The highest BCUT2D eigenvalue weighted by molar-refractivity contribution is 5.92. The zero-order chi connectivity index (χ0) is 39.6. The number of rotatable bonds is 10. The molecule has 7 aliphatic rings. The van der Waals surface area contributed by atoms with Gasteiger partial charge in [-0.15, -0.1) is 0 Å². The molecule has 1 spiro atoms. The van der Waals surface area contributed by atoms with Crippen LogP contribution in [0.2, 0.25) is 0 Å². The number of nitrogens with zero attached hydrogens (tertiary/aromatic N) is 2. The van der Waals surface area contributed by atoms with Gasteiger partial charge in [0.2, 0.25) is 17.7 Å². The van der Waals surface area contributed by atoms with Crippen LogP contribution in [0.4, 0.5) is 26.3 Å². The van der Waals surface area contributed by atoms with Crippen LogP contribution in [0, 0.1) is 22.2 Å². The Morgan fingerprint density at radius 3 is 2.22 bits per heavy atom. The van der Waals surface area contributed by atoms with Crippen LogP contribution in [0.1, 0.15) is 85.7 Å². The highest BCUT2D eigenvalue weighted by Gasteiger charge is 2.71. The molecule has 0 aromatic heterocycles. The number of fused-ring (bicyclic) bond motifs is 3. The lowest BCUT2D eigenvalue weighted by molar-refractivity contribution is -0.205. The fourth-order valence-corrected chi connectivity index (χ4v) is 9.41. The van der Waals surface area contributed by atoms with E-state index in [0.717, 1.165) is 44.9 Å². The first-order valence-electron chi connectivity index (χ1n) is 19.1. The zero-order valence-electron chi connectivity index (χ0n) is 31.0. The van der Waals surface area contributed by atoms with E-state index in [0.29, 0.717) is 38.2 Å². The maximum Gasteiger partial charge on any atom is 0.417 e. The van der Waals surface area contributed by atoms with E-state index < -0.39 is 76.1 Å². The standard InChI is InChI=1S/C38H48F6N4O7/c1-22(54-20-34-9-5-25(6-10-34)55-21-34)29(46-30(49)28-16-45-17-35(28)18-48(19-35)33(52)36(11-12-36)38(42,43)44)31(50)47-13-7-23(8-14-47)24-3-4-26(32(51)53-2)27(15-24)37(39,40)41/h3-4,15,22-23,25,28-29,45H,5-14,16-21H2,1-2H3,(H,46,49)/t22-,25?,28+,29+,34?/m1/s1. The average molecular weight is 787 g/mol. The number of amides is 3. The average Bonchev–Trinajstić information content (AvgIpc) is 3.87. The second kappa shape index (κ2) is 14.5. The van der Waals surface area contributed by atoms with Crippen LogP contribution in [0.3, 0.4) is 0 Å². The number of piperidine rings is 1. The molecule has 2 N–H and O–H groups in total. The number of ether oxygens (including phenoxy) is 3. The Kier molecular flexibility index (Phi) is 10.5. The number of esters is 1. The molecule has 2 bridgehead atoms. The molecule has 1 aromatic rings. The first kappa shape index (κ1) is 39.8. The molecule has 2 aliphatic carbocycles. The topological polar surface area (TPSA) is 127 Å². The van der Waals surface area contributed by atoms with Gasteiger partial charge >= 0.3 is 18.3 Å². The Morgan fingerprint density at radius 1 is 0.982 bits per heavy atom. The summed E-state index contributed by atoms with van der Waals surface area (Å²) >= 11 is 0. The van der Waals surface area contributed by atoms with Gasteiger partial charge in [-0.25, -0.2) is 4.79 Å². The third-order valence-electron chi connectivity index (χ3n) is 13.2. The molecule has 5 saturated heterocycles. The van der Waals surface area contributed by atoms with Crippen molar-refractivity contribution in [2.24, 2.45) is 22.2 Å². The molecule has 5 heterocycles. The fourth-order valence-electron chi connectivity index (χ4n) is 9.41. The van der Waals surface area contributed by atoms with Crippen molar-refractivity contribution in [1.82, 2.24) is 20.4 Å². The van der Waals surface area contributed by atoms with Gasteiger partial charge in [0.05, 0.1) is 49.6 Å². The van der Waals surface area contributed by atoms with Crippen molar-refractivity contribution in [1.29, 1.82) is 0 Å². The number of methoxy groups -OCH3 is 1. The third kappa shape index (κ3) is 7.44. The summed E-state index contributed by atoms with van der Waals surface area (Å²) in [6.45, 7) is 3.48. The summed E-state index contributed by atoms with van der Waals surface area (Å²) in [5.74, 6) is -3.99. The molecule has 0 unspecified atom stereocenters. The largest absolute Gasteiger partial charge is 0.465 e. The van der Waals surface area contributed by atoms with E-state index in [9.17, 15) is 45.5 Å². The number of carbonyl (C=O) groups is 4. The number of likely N-dealkylation sites (tertiary alicyclic amines) is 2. The summed E-state index contributed by atoms with van der Waals surface area (Å²) in [6, 6.07) is 2.41. The van der Waals surface area contributed by atoms with E-state index in [1.807, 2.05) is 0 Å². The quantitative estimate of drug-likeness (QED) is 0.264. The van der Waals surface area contributed by atoms with Gasteiger partial charge in [-0.2, -0.15) is 26.3 Å². The number of hydrogen-bond donors (Lipinski definition) is 2. The lowest BCUT2D eigenvalue weighted by Gasteiger charge is -2.51. The van der Waals surface area contributed by atoms with Crippen molar-refractivity contribution in [2.75, 3.05) is 59.6 Å². The molecule has 55 heavy (non-hydrogen) atoms. The van der Waals surface area contributed by atoms with Crippen LogP contribution in [0.5, 0.6) is 0 Å². The molecule has 3 amide bonds. The normalized spacial score (nSPS) is 28.4. The number of benzene rings is 1. The van der Waals surface area contributed by atoms with Gasteiger partial charge in [0.25, 0.3) is 0 Å². The molecule has 2 saturated carbocycles. The van der Waals surface area contributed by atoms with Crippen LogP contribution in [0.25, 0.3) is 0 Å². The lowest BCUT2D eigenvalue weighted by Crippen LogP contribution is -2.67. The number of halogens is 6. The van der Waals surface area contributed by atoms with Crippen molar-refractivity contribution in [2.45, 2.75) is 94.8 Å². The number of alkyl halides is 6. The highest BCUT2D eigenvalue weighted by atomic mass is 19.4. The third-order valence-corrected chi connectivity index (χ3v) is 13.2. The molecule has 1 aromatic carbocycles. The summed E-state index contributed by atoms with van der Waals surface area (Å²) in [5.41, 5.74) is -4.62. The second-order valence-corrected chi connectivity index (χ2v) is 16.7. The Balaban J connectivity index is 1.04. The van der Waals surface area contributed by atoms with Gasteiger partial charge < -0.3 is 34.6 Å². The fraction of sp³-hybridized carbons (Fsp3) is 0.737. The molecular weight excluding hydrogens is 738 g/mol. The summed E-state index contributed by atoms with van der Waals surface area (Å²) < 4.78 is 99.7. The molecule has 3 atom stereocenters. The molecule has 7 fully saturated rings. The van der Waals surface area contributed by atoms with E-state index in [2.05, 4.69) is 15.4 Å². The van der Waals surface area contributed by atoms with E-state index >= 15 is 0 Å². The molecule has 0 radical (unpaired) electrons. The Bertz CT molecular complexity index is 1650. The molecule has 17 heteroatoms. The molecule has 11 nitrogen and oxygen atoms in total. The summed E-state index contributed by atoms with van der Waals surface area (Å²) in [5, 5.41) is 6.09. The van der Waals surface area contributed by atoms with Crippen molar-refractivity contribution >= 4 is 23.7 Å². The predicted octanol–water partition coefficient (Wildman–Crippen LogP) is 4.44. The molecule has 5 aliphatic heterocycles. The molecular formula is C38H48F6N4O7. The Morgan fingerprint density at radius 2 is 1.65 bits per heavy atom. The van der Waals surface area contributed by atoms with Crippen LogP contribution in [0.15, 0.2) is 18.2 Å². The number of hydrogen-bond acceptors (Lipinski definition) is 8. The van der Waals surface area contributed by atoms with Crippen LogP contribution in [-0.2, 0) is 34.8 Å². The monoisotopic (exact) mass is 786 g/mol. The SMILES string of the molecule is COC(=O)c1ccc(C2CCN(C(=O)[C@@H](NC(=O)[C@@H]3CNCC34CN(C(=O)C3(C(F)(F)F)CC3)C4)[C@@H](C)OCC34CCC(CC3)OC4)CC2)cc1C(F)(F)F. The smallest absolute Gasteiger partial charge is 0.417 e. The van der Waals surface area contributed by atoms with E-state index in [1.165, 1.54) is 11.0 Å². The maximum atomic E-state index is 14.3. The van der Waals surface area contributed by atoms with Crippen LogP contribution < -0.4 is 10.6 Å². The van der Waals surface area contributed by atoms with Gasteiger partial charge in [0.15, 0.2) is 0 Å². The summed E-state index contributed by atoms with van der Waals surface area (Å²) in [7, 11) is 1.01. The number of carbonyl (C=O) groups excluding carboxylic acids is 4. The van der Waals surface area contributed by atoms with Gasteiger partial charge in [0, 0.05) is 50.1 Å². The van der Waals surface area contributed by atoms with Gasteiger partial charge in [0.1, 0.15) is 11.5 Å². The van der Waals surface area contributed by atoms with Crippen LogP contribution >= 0.6 is 0 Å². The summed E-state index contributed by atoms with van der Waals surface area (Å²) in [4.78, 5) is 56.1. The predicted molar refractivity (Wildman–Crippen MR) is 182 cm³/mol. The zero-order valence-corrected chi connectivity index (χ0v) is 31.0.